The van der Waals surface area contributed by atoms with Crippen LogP contribution < -0.4 is 10.4 Å². The molecule has 142 valence electrons. The van der Waals surface area contributed by atoms with Crippen molar-refractivity contribution in [3.8, 4) is 11.4 Å². The van der Waals surface area contributed by atoms with E-state index in [0.717, 1.165) is 37.4 Å². The predicted molar refractivity (Wildman–Crippen MR) is 83.9 cm³/mol. The second kappa shape index (κ2) is 6.29. The van der Waals surface area contributed by atoms with Crippen molar-refractivity contribution in [1.29, 1.82) is 0 Å². The Morgan fingerprint density at radius 2 is 1.56 bits per heavy atom. The van der Waals surface area contributed by atoms with Gasteiger partial charge in [0.05, 0.1) is 22.0 Å². The van der Waals surface area contributed by atoms with Gasteiger partial charge in [0.15, 0.2) is 5.82 Å². The second-order valence-corrected chi connectivity index (χ2v) is 5.53. The molecule has 0 N–H and O–H groups in total. The molecule has 0 atom stereocenters. The molecular formula is C17H10F6N2O2. The molecule has 0 aliphatic rings. The van der Waals surface area contributed by atoms with E-state index >= 15 is 0 Å². The highest BCUT2D eigenvalue weighted by Crippen LogP contribution is 2.33. The molecule has 0 bridgehead atoms. The molecule has 4 nitrogen and oxygen atoms in total. The summed E-state index contributed by atoms with van der Waals surface area (Å²) >= 11 is 0. The maximum Gasteiger partial charge on any atom is 0.416 e. The molecule has 0 radical (unpaired) electrons. The maximum atomic E-state index is 12.9. The van der Waals surface area contributed by atoms with Crippen LogP contribution in [0, 0.1) is 0 Å². The Kier molecular flexibility index (Phi) is 4.37. The van der Waals surface area contributed by atoms with Crippen molar-refractivity contribution in [3.05, 3.63) is 63.9 Å². The van der Waals surface area contributed by atoms with Gasteiger partial charge in [0.1, 0.15) is 7.11 Å². The highest BCUT2D eigenvalue weighted by Gasteiger charge is 2.32. The number of benzene rings is 2. The summed E-state index contributed by atoms with van der Waals surface area (Å²) in [7, 11) is 1.06. The quantitative estimate of drug-likeness (QED) is 0.620. The van der Waals surface area contributed by atoms with Crippen LogP contribution in [0.15, 0.2) is 47.3 Å². The molecule has 0 saturated carbocycles. The monoisotopic (exact) mass is 388 g/mol. The van der Waals surface area contributed by atoms with Gasteiger partial charge in [0.25, 0.3) is 5.56 Å². The molecular weight excluding hydrogens is 378 g/mol. The van der Waals surface area contributed by atoms with Gasteiger partial charge in [-0.2, -0.15) is 26.3 Å². The van der Waals surface area contributed by atoms with E-state index < -0.39 is 29.0 Å². The average molecular weight is 388 g/mol. The first kappa shape index (κ1) is 18.7. The normalized spacial score (nSPS) is 12.4. The summed E-state index contributed by atoms with van der Waals surface area (Å²) in [4.78, 5) is 21.4. The van der Waals surface area contributed by atoms with Gasteiger partial charge in [-0.1, -0.05) is 12.1 Å². The van der Waals surface area contributed by atoms with E-state index in [1.54, 1.807) is 0 Å². The molecule has 0 aliphatic carbocycles. The molecule has 1 aromatic heterocycles. The number of halogens is 6. The number of hydrogen-bond acceptors (Lipinski definition) is 3. The molecule has 0 spiro atoms. The van der Waals surface area contributed by atoms with Crippen LogP contribution in [0.4, 0.5) is 26.3 Å². The van der Waals surface area contributed by atoms with Gasteiger partial charge in [0, 0.05) is 5.56 Å². The smallest absolute Gasteiger partial charge is 0.412 e. The lowest BCUT2D eigenvalue weighted by Gasteiger charge is -2.14. The first-order chi connectivity index (χ1) is 12.5. The van der Waals surface area contributed by atoms with Gasteiger partial charge in [0.2, 0.25) is 0 Å². The number of fused-ring (bicyclic) bond motifs is 1. The van der Waals surface area contributed by atoms with Crippen LogP contribution in [0.2, 0.25) is 0 Å². The number of alkyl halides is 6. The molecule has 27 heavy (non-hydrogen) atoms. The summed E-state index contributed by atoms with van der Waals surface area (Å²) in [6.45, 7) is 0. The van der Waals surface area contributed by atoms with Gasteiger partial charge >= 0.3 is 12.4 Å². The summed E-state index contributed by atoms with van der Waals surface area (Å²) in [6.07, 6.45) is -9.29. The van der Waals surface area contributed by atoms with Gasteiger partial charge in [-0.15, -0.1) is 4.73 Å². The van der Waals surface area contributed by atoms with E-state index in [1.165, 1.54) is 6.07 Å². The fraction of sp³-hybridized carbons (Fsp3) is 0.176. The van der Waals surface area contributed by atoms with E-state index in [4.69, 9.17) is 4.84 Å². The third kappa shape index (κ3) is 3.46. The molecule has 3 aromatic rings. The van der Waals surface area contributed by atoms with Crippen LogP contribution >= 0.6 is 0 Å². The van der Waals surface area contributed by atoms with Gasteiger partial charge in [-0.25, -0.2) is 4.98 Å². The maximum absolute atomic E-state index is 12.9. The fourth-order valence-electron chi connectivity index (χ4n) is 2.53. The van der Waals surface area contributed by atoms with Crippen LogP contribution in [0.1, 0.15) is 11.1 Å². The van der Waals surface area contributed by atoms with E-state index in [0.29, 0.717) is 10.8 Å². The highest BCUT2D eigenvalue weighted by molar-refractivity contribution is 5.80. The number of aromatic nitrogens is 2. The number of hydrogen-bond donors (Lipinski definition) is 0. The molecule has 3 rings (SSSR count). The lowest BCUT2D eigenvalue weighted by atomic mass is 10.1. The molecule has 0 fully saturated rings. The van der Waals surface area contributed by atoms with Crippen molar-refractivity contribution in [2.24, 2.45) is 0 Å². The van der Waals surface area contributed by atoms with Crippen LogP contribution in [-0.2, 0) is 12.4 Å². The summed E-state index contributed by atoms with van der Waals surface area (Å²) in [5, 5.41) is -0.373. The van der Waals surface area contributed by atoms with Crippen molar-refractivity contribution < 1.29 is 31.2 Å². The SMILES string of the molecule is COn1c(-c2cccc(C(F)(F)F)c2)nc2ccc(C(F)(F)F)cc2c1=O. The standard InChI is InChI=1S/C17H10F6N2O2/c1-27-25-14(9-3-2-4-10(7-9)16(18,19)20)24-13-6-5-11(17(21,22)23)8-12(13)15(25)26/h2-8H,1H3. The third-order valence-electron chi connectivity index (χ3n) is 3.79. The Labute approximate surface area is 147 Å². The Morgan fingerprint density at radius 3 is 2.15 bits per heavy atom. The molecule has 0 aliphatic heterocycles. The van der Waals surface area contributed by atoms with E-state index in [9.17, 15) is 31.1 Å². The Morgan fingerprint density at radius 1 is 0.926 bits per heavy atom. The Balaban J connectivity index is 2.28. The molecule has 2 aromatic carbocycles. The first-order valence-electron chi connectivity index (χ1n) is 7.38. The minimum atomic E-state index is -4.67. The predicted octanol–water partition coefficient (Wildman–Crippen LogP) is 4.16. The van der Waals surface area contributed by atoms with E-state index in [1.807, 2.05) is 0 Å². The van der Waals surface area contributed by atoms with E-state index in [2.05, 4.69) is 4.98 Å². The Hall–Kier alpha value is -3.04. The minimum absolute atomic E-state index is 0.0782. The molecule has 0 unspecified atom stereocenters. The number of nitrogens with zero attached hydrogens (tertiary/aromatic N) is 2. The highest BCUT2D eigenvalue weighted by atomic mass is 19.4. The average Bonchev–Trinajstić information content (AvgIpc) is 2.60. The summed E-state index contributed by atoms with van der Waals surface area (Å²) in [5.41, 5.74) is -3.17. The van der Waals surface area contributed by atoms with Crippen molar-refractivity contribution in [2.45, 2.75) is 12.4 Å². The summed E-state index contributed by atoms with van der Waals surface area (Å²) in [5.74, 6) is -0.263. The zero-order valence-electron chi connectivity index (χ0n) is 13.5. The largest absolute Gasteiger partial charge is 0.416 e. The fourth-order valence-corrected chi connectivity index (χ4v) is 2.53. The van der Waals surface area contributed by atoms with Crippen LogP contribution in [0.25, 0.3) is 22.3 Å². The van der Waals surface area contributed by atoms with Crippen molar-refractivity contribution in [1.82, 2.24) is 9.71 Å². The summed E-state index contributed by atoms with van der Waals surface area (Å²) in [6, 6.07) is 6.36. The van der Waals surface area contributed by atoms with Crippen LogP contribution in [0.3, 0.4) is 0 Å². The Bertz CT molecular complexity index is 1070. The molecule has 0 amide bonds. The molecule has 10 heteroatoms. The van der Waals surface area contributed by atoms with Crippen LogP contribution in [-0.4, -0.2) is 16.8 Å². The van der Waals surface area contributed by atoms with Crippen LogP contribution in [0.5, 0.6) is 0 Å². The van der Waals surface area contributed by atoms with Crippen molar-refractivity contribution >= 4 is 10.9 Å². The number of rotatable bonds is 2. The molecule has 0 saturated heterocycles. The minimum Gasteiger partial charge on any atom is -0.412 e. The third-order valence-corrected chi connectivity index (χ3v) is 3.79. The second-order valence-electron chi connectivity index (χ2n) is 5.53. The van der Waals surface area contributed by atoms with Crippen molar-refractivity contribution in [2.75, 3.05) is 7.11 Å². The zero-order chi connectivity index (χ0) is 20.0. The first-order valence-corrected chi connectivity index (χ1v) is 7.38. The lowest BCUT2D eigenvalue weighted by Crippen LogP contribution is -2.28. The van der Waals surface area contributed by atoms with Gasteiger partial charge in [-0.3, -0.25) is 4.79 Å². The van der Waals surface area contributed by atoms with Crippen molar-refractivity contribution in [3.63, 3.8) is 0 Å². The molecule has 1 heterocycles. The summed E-state index contributed by atoms with van der Waals surface area (Å²) < 4.78 is 77.9. The van der Waals surface area contributed by atoms with Gasteiger partial charge < -0.3 is 4.84 Å². The lowest BCUT2D eigenvalue weighted by molar-refractivity contribution is -0.138. The van der Waals surface area contributed by atoms with E-state index in [-0.39, 0.29) is 22.3 Å². The topological polar surface area (TPSA) is 44.1 Å². The van der Waals surface area contributed by atoms with Gasteiger partial charge in [-0.05, 0) is 30.3 Å². The zero-order valence-corrected chi connectivity index (χ0v) is 13.5.